The zero-order valence-corrected chi connectivity index (χ0v) is 13.9. The number of ketones is 1. The minimum atomic E-state index is -0.589. The summed E-state index contributed by atoms with van der Waals surface area (Å²) in [4.78, 5) is 33.8. The Hall–Kier alpha value is -3.22. The lowest BCUT2D eigenvalue weighted by Crippen LogP contribution is -2.11. The highest BCUT2D eigenvalue weighted by atomic mass is 16.6. The SMILES string of the molecule is CCOC(=O)c1cc(OCc2ccc([N+](=O)[O-])cc2)ccc1C(C)=O. The van der Waals surface area contributed by atoms with Gasteiger partial charge in [-0.3, -0.25) is 14.9 Å². The third-order valence-electron chi connectivity index (χ3n) is 3.42. The van der Waals surface area contributed by atoms with E-state index in [9.17, 15) is 19.7 Å². The van der Waals surface area contributed by atoms with Gasteiger partial charge in [0, 0.05) is 17.7 Å². The smallest absolute Gasteiger partial charge is 0.338 e. The highest BCUT2D eigenvalue weighted by Crippen LogP contribution is 2.21. The summed E-state index contributed by atoms with van der Waals surface area (Å²) in [5.41, 5.74) is 1.15. The van der Waals surface area contributed by atoms with Crippen LogP contribution in [0.25, 0.3) is 0 Å². The number of hydrogen-bond acceptors (Lipinski definition) is 6. The number of esters is 1. The van der Waals surface area contributed by atoms with Gasteiger partial charge in [-0.1, -0.05) is 0 Å². The number of hydrogen-bond donors (Lipinski definition) is 0. The molecular weight excluding hydrogens is 326 g/mol. The van der Waals surface area contributed by atoms with Crippen molar-refractivity contribution in [2.24, 2.45) is 0 Å². The minimum Gasteiger partial charge on any atom is -0.489 e. The molecule has 0 aliphatic rings. The summed E-state index contributed by atoms with van der Waals surface area (Å²) in [5, 5.41) is 10.6. The average molecular weight is 343 g/mol. The number of Topliss-reactive ketones (excluding diaryl/α,β-unsaturated/α-hetero) is 1. The zero-order valence-electron chi connectivity index (χ0n) is 13.9. The summed E-state index contributed by atoms with van der Waals surface area (Å²) in [6.45, 7) is 3.42. The highest BCUT2D eigenvalue weighted by Gasteiger charge is 2.17. The molecule has 0 spiro atoms. The first-order valence-electron chi connectivity index (χ1n) is 7.60. The molecule has 7 nitrogen and oxygen atoms in total. The fourth-order valence-electron chi connectivity index (χ4n) is 2.18. The molecule has 2 aromatic carbocycles. The molecule has 2 rings (SSSR count). The van der Waals surface area contributed by atoms with Gasteiger partial charge in [-0.25, -0.2) is 4.79 Å². The molecule has 0 radical (unpaired) electrons. The van der Waals surface area contributed by atoms with Crippen LogP contribution < -0.4 is 4.74 Å². The number of carbonyl (C=O) groups is 2. The van der Waals surface area contributed by atoms with Crippen molar-refractivity contribution in [3.05, 3.63) is 69.3 Å². The number of carbonyl (C=O) groups excluding carboxylic acids is 2. The lowest BCUT2D eigenvalue weighted by atomic mass is 10.0. The van der Waals surface area contributed by atoms with E-state index < -0.39 is 10.9 Å². The first-order valence-corrected chi connectivity index (χ1v) is 7.60. The molecule has 0 amide bonds. The average Bonchev–Trinajstić information content (AvgIpc) is 2.60. The van der Waals surface area contributed by atoms with Crippen molar-refractivity contribution < 1.29 is 24.0 Å². The molecule has 0 aliphatic heterocycles. The predicted molar refractivity (Wildman–Crippen MR) is 89.8 cm³/mol. The number of nitro benzene ring substituents is 1. The van der Waals surface area contributed by atoms with Gasteiger partial charge in [-0.05, 0) is 49.7 Å². The summed E-state index contributed by atoms with van der Waals surface area (Å²) >= 11 is 0. The van der Waals surface area contributed by atoms with Gasteiger partial charge in [0.1, 0.15) is 12.4 Å². The van der Waals surface area contributed by atoms with Gasteiger partial charge >= 0.3 is 5.97 Å². The largest absolute Gasteiger partial charge is 0.489 e. The third-order valence-corrected chi connectivity index (χ3v) is 3.42. The fourth-order valence-corrected chi connectivity index (χ4v) is 2.18. The van der Waals surface area contributed by atoms with Gasteiger partial charge in [0.15, 0.2) is 5.78 Å². The molecule has 7 heteroatoms. The summed E-state index contributed by atoms with van der Waals surface area (Å²) in [6.07, 6.45) is 0. The molecule has 0 saturated carbocycles. The standard InChI is InChI=1S/C18H17NO6/c1-3-24-18(21)17-10-15(8-9-16(17)12(2)20)25-11-13-4-6-14(7-5-13)19(22)23/h4-10H,3,11H2,1-2H3. The summed E-state index contributed by atoms with van der Waals surface area (Å²) in [7, 11) is 0. The lowest BCUT2D eigenvalue weighted by Gasteiger charge is -2.11. The first-order chi connectivity index (χ1) is 11.9. The van der Waals surface area contributed by atoms with Crippen LogP contribution in [0.4, 0.5) is 5.69 Å². The highest BCUT2D eigenvalue weighted by molar-refractivity contribution is 6.05. The second kappa shape index (κ2) is 8.05. The molecule has 0 aliphatic carbocycles. The Balaban J connectivity index is 2.16. The van der Waals surface area contributed by atoms with Crippen LogP contribution in [0.3, 0.4) is 0 Å². The van der Waals surface area contributed by atoms with E-state index >= 15 is 0 Å². The molecule has 130 valence electrons. The van der Waals surface area contributed by atoms with Crippen molar-refractivity contribution in [3.63, 3.8) is 0 Å². The number of benzene rings is 2. The third kappa shape index (κ3) is 4.63. The minimum absolute atomic E-state index is 0.000779. The van der Waals surface area contributed by atoms with E-state index in [0.29, 0.717) is 5.75 Å². The molecule has 0 fully saturated rings. The Morgan fingerprint density at radius 3 is 2.32 bits per heavy atom. The van der Waals surface area contributed by atoms with Crippen LogP contribution in [0.5, 0.6) is 5.75 Å². The van der Waals surface area contributed by atoms with Gasteiger partial charge in [0.05, 0.1) is 17.1 Å². The summed E-state index contributed by atoms with van der Waals surface area (Å²) in [6, 6.07) is 10.5. The van der Waals surface area contributed by atoms with E-state index in [1.165, 1.54) is 31.2 Å². The maximum absolute atomic E-state index is 12.0. The van der Waals surface area contributed by atoms with E-state index in [2.05, 4.69) is 0 Å². The van der Waals surface area contributed by atoms with E-state index in [-0.39, 0.29) is 35.8 Å². The van der Waals surface area contributed by atoms with Crippen LogP contribution in [0.2, 0.25) is 0 Å². The first kappa shape index (κ1) is 18.1. The fraction of sp³-hybridized carbons (Fsp3) is 0.222. The van der Waals surface area contributed by atoms with Crippen LogP contribution >= 0.6 is 0 Å². The van der Waals surface area contributed by atoms with Crippen molar-refractivity contribution >= 4 is 17.4 Å². The molecular formula is C18H17NO6. The van der Waals surface area contributed by atoms with Crippen molar-refractivity contribution in [2.75, 3.05) is 6.61 Å². The lowest BCUT2D eigenvalue weighted by molar-refractivity contribution is -0.384. The van der Waals surface area contributed by atoms with Gasteiger partial charge in [0.2, 0.25) is 0 Å². The van der Waals surface area contributed by atoms with Crippen molar-refractivity contribution in [1.29, 1.82) is 0 Å². The summed E-state index contributed by atoms with van der Waals surface area (Å²) in [5.74, 6) is -0.440. The Bertz CT molecular complexity index is 798. The second-order valence-corrected chi connectivity index (χ2v) is 5.20. The van der Waals surface area contributed by atoms with Gasteiger partial charge in [-0.15, -0.1) is 0 Å². The monoisotopic (exact) mass is 343 g/mol. The van der Waals surface area contributed by atoms with E-state index in [0.717, 1.165) is 5.56 Å². The molecule has 0 atom stereocenters. The van der Waals surface area contributed by atoms with Gasteiger partial charge < -0.3 is 9.47 Å². The molecule has 0 unspecified atom stereocenters. The molecule has 0 aromatic heterocycles. The Labute approximate surface area is 144 Å². The van der Waals surface area contributed by atoms with Crippen molar-refractivity contribution in [3.8, 4) is 5.75 Å². The number of nitro groups is 1. The van der Waals surface area contributed by atoms with Gasteiger partial charge in [0.25, 0.3) is 5.69 Å². The maximum atomic E-state index is 12.0. The van der Waals surface area contributed by atoms with Crippen LogP contribution in [0, 0.1) is 10.1 Å². The topological polar surface area (TPSA) is 95.7 Å². The quantitative estimate of drug-likeness (QED) is 0.330. The normalized spacial score (nSPS) is 10.2. The van der Waals surface area contributed by atoms with Crippen molar-refractivity contribution in [2.45, 2.75) is 20.5 Å². The number of nitrogens with zero attached hydrogens (tertiary/aromatic N) is 1. The molecule has 0 N–H and O–H groups in total. The van der Waals surface area contributed by atoms with Crippen LogP contribution in [-0.2, 0) is 11.3 Å². The molecule has 25 heavy (non-hydrogen) atoms. The van der Waals surface area contributed by atoms with Crippen LogP contribution in [0.15, 0.2) is 42.5 Å². The van der Waals surface area contributed by atoms with Crippen LogP contribution in [0.1, 0.15) is 40.1 Å². The van der Waals surface area contributed by atoms with E-state index in [4.69, 9.17) is 9.47 Å². The Morgan fingerprint density at radius 2 is 1.76 bits per heavy atom. The number of rotatable bonds is 7. The van der Waals surface area contributed by atoms with E-state index in [1.54, 1.807) is 25.1 Å². The molecule has 2 aromatic rings. The molecule has 0 saturated heterocycles. The van der Waals surface area contributed by atoms with Crippen molar-refractivity contribution in [1.82, 2.24) is 0 Å². The number of ether oxygens (including phenoxy) is 2. The zero-order chi connectivity index (χ0) is 18.4. The summed E-state index contributed by atoms with van der Waals surface area (Å²) < 4.78 is 10.6. The van der Waals surface area contributed by atoms with Gasteiger partial charge in [-0.2, -0.15) is 0 Å². The van der Waals surface area contributed by atoms with Crippen LogP contribution in [-0.4, -0.2) is 23.3 Å². The Kier molecular flexibility index (Phi) is 5.84. The Morgan fingerprint density at radius 1 is 1.08 bits per heavy atom. The molecule has 0 heterocycles. The molecule has 0 bridgehead atoms. The predicted octanol–water partition coefficient (Wildman–Crippen LogP) is 3.55. The second-order valence-electron chi connectivity index (χ2n) is 5.20. The van der Waals surface area contributed by atoms with E-state index in [1.807, 2.05) is 0 Å². The maximum Gasteiger partial charge on any atom is 0.338 e. The number of non-ortho nitro benzene ring substituents is 1.